The second-order valence-electron chi connectivity index (χ2n) is 4.94. The number of hydrogen-bond donors (Lipinski definition) is 2. The van der Waals surface area contributed by atoms with E-state index in [9.17, 15) is 13.2 Å². The number of rotatable bonds is 5. The van der Waals surface area contributed by atoms with Crippen molar-refractivity contribution in [3.05, 3.63) is 0 Å². The molecular formula is C11H23N3O3S. The summed E-state index contributed by atoms with van der Waals surface area (Å²) in [6.07, 6.45) is 2.93. The minimum atomic E-state index is -3.24. The minimum Gasteiger partial charge on any atom is -0.354 e. The van der Waals surface area contributed by atoms with Crippen molar-refractivity contribution in [1.29, 1.82) is 0 Å². The molecule has 1 rings (SSSR count). The van der Waals surface area contributed by atoms with Crippen LogP contribution in [-0.4, -0.2) is 57.1 Å². The molecule has 7 heteroatoms. The number of sulfonamides is 1. The van der Waals surface area contributed by atoms with Crippen LogP contribution in [0.15, 0.2) is 0 Å². The van der Waals surface area contributed by atoms with Gasteiger partial charge in [-0.2, -0.15) is 0 Å². The topological polar surface area (TPSA) is 78.5 Å². The molecule has 6 nitrogen and oxygen atoms in total. The third-order valence-corrected chi connectivity index (χ3v) is 4.98. The van der Waals surface area contributed by atoms with Crippen molar-refractivity contribution in [3.8, 4) is 0 Å². The first kappa shape index (κ1) is 15.4. The third-order valence-electron chi connectivity index (χ3n) is 3.15. The summed E-state index contributed by atoms with van der Waals surface area (Å²) in [5.41, 5.74) is 0. The van der Waals surface area contributed by atoms with E-state index in [-0.39, 0.29) is 24.2 Å². The Hall–Kier alpha value is -0.660. The summed E-state index contributed by atoms with van der Waals surface area (Å²) in [7, 11) is -0.262. The van der Waals surface area contributed by atoms with E-state index in [4.69, 9.17) is 0 Å². The Labute approximate surface area is 109 Å². The number of carbonyl (C=O) groups excluding carboxylic acids is 1. The van der Waals surface area contributed by atoms with Crippen LogP contribution in [0.3, 0.4) is 0 Å². The highest BCUT2D eigenvalue weighted by Crippen LogP contribution is 2.12. The van der Waals surface area contributed by atoms with Gasteiger partial charge in [0.2, 0.25) is 15.9 Å². The van der Waals surface area contributed by atoms with Crippen LogP contribution in [0.25, 0.3) is 0 Å². The fraction of sp³-hybridized carbons (Fsp3) is 0.909. The van der Waals surface area contributed by atoms with Gasteiger partial charge in [-0.3, -0.25) is 4.79 Å². The zero-order valence-corrected chi connectivity index (χ0v) is 12.1. The molecule has 106 valence electrons. The van der Waals surface area contributed by atoms with Crippen molar-refractivity contribution in [2.24, 2.45) is 0 Å². The fourth-order valence-electron chi connectivity index (χ4n) is 1.95. The molecule has 2 atom stereocenters. The lowest BCUT2D eigenvalue weighted by Crippen LogP contribution is -2.50. The summed E-state index contributed by atoms with van der Waals surface area (Å²) >= 11 is 0. The predicted octanol–water partition coefficient (Wildman–Crippen LogP) is -0.475. The van der Waals surface area contributed by atoms with E-state index in [2.05, 4.69) is 17.6 Å². The van der Waals surface area contributed by atoms with E-state index >= 15 is 0 Å². The van der Waals surface area contributed by atoms with Crippen molar-refractivity contribution >= 4 is 15.9 Å². The zero-order chi connectivity index (χ0) is 13.8. The lowest BCUT2D eigenvalue weighted by Gasteiger charge is -2.27. The Morgan fingerprint density at radius 1 is 1.39 bits per heavy atom. The molecule has 0 aromatic heterocycles. The van der Waals surface area contributed by atoms with E-state index in [1.54, 1.807) is 0 Å². The van der Waals surface area contributed by atoms with E-state index in [1.165, 1.54) is 18.4 Å². The smallest absolute Gasteiger partial charge is 0.237 e. The van der Waals surface area contributed by atoms with Crippen molar-refractivity contribution in [3.63, 3.8) is 0 Å². The molecule has 0 radical (unpaired) electrons. The molecule has 1 aliphatic heterocycles. The van der Waals surface area contributed by atoms with Crippen LogP contribution in [0, 0.1) is 0 Å². The molecule has 1 saturated heterocycles. The van der Waals surface area contributed by atoms with Gasteiger partial charge in [-0.15, -0.1) is 0 Å². The molecule has 0 spiro atoms. The average Bonchev–Trinajstić information content (AvgIpc) is 2.28. The highest BCUT2D eigenvalue weighted by Gasteiger charge is 2.24. The molecule has 1 heterocycles. The predicted molar refractivity (Wildman–Crippen MR) is 70.7 cm³/mol. The molecule has 0 aliphatic carbocycles. The molecule has 0 bridgehead atoms. The Balaban J connectivity index is 2.33. The number of hydrogen-bond acceptors (Lipinski definition) is 4. The summed E-state index contributed by atoms with van der Waals surface area (Å²) < 4.78 is 24.2. The molecule has 1 aliphatic rings. The summed E-state index contributed by atoms with van der Waals surface area (Å²) in [5.74, 6) is -0.163. The number of nitrogens with one attached hydrogen (secondary N) is 2. The standard InChI is InChI=1S/C11H23N3O3S/c1-9-5-4-6-10(13-9)11(15)12-7-8-18(16,17)14(2)3/h9-10,13H,4-8H2,1-3H3,(H,12,15). The minimum absolute atomic E-state index is 0.0615. The first-order valence-corrected chi connectivity index (χ1v) is 7.88. The average molecular weight is 277 g/mol. The molecule has 0 aromatic rings. The van der Waals surface area contributed by atoms with Crippen LogP contribution in [0.2, 0.25) is 0 Å². The summed E-state index contributed by atoms with van der Waals surface area (Å²) in [5, 5.41) is 5.89. The number of piperidine rings is 1. The van der Waals surface area contributed by atoms with Gasteiger partial charge in [0.1, 0.15) is 0 Å². The molecule has 2 N–H and O–H groups in total. The van der Waals surface area contributed by atoms with Gasteiger partial charge in [0.15, 0.2) is 0 Å². The van der Waals surface area contributed by atoms with E-state index < -0.39 is 10.0 Å². The monoisotopic (exact) mass is 277 g/mol. The van der Waals surface area contributed by atoms with Crippen molar-refractivity contribution in [2.75, 3.05) is 26.4 Å². The van der Waals surface area contributed by atoms with Crippen LogP contribution in [0.1, 0.15) is 26.2 Å². The maximum absolute atomic E-state index is 11.8. The Kier molecular flexibility index (Phi) is 5.55. The summed E-state index contributed by atoms with van der Waals surface area (Å²) in [6.45, 7) is 2.21. The van der Waals surface area contributed by atoms with E-state index in [0.717, 1.165) is 19.3 Å². The van der Waals surface area contributed by atoms with Crippen molar-refractivity contribution < 1.29 is 13.2 Å². The van der Waals surface area contributed by atoms with Crippen LogP contribution >= 0.6 is 0 Å². The van der Waals surface area contributed by atoms with Gasteiger partial charge in [0.25, 0.3) is 0 Å². The zero-order valence-electron chi connectivity index (χ0n) is 11.3. The second kappa shape index (κ2) is 6.49. The van der Waals surface area contributed by atoms with Crippen LogP contribution < -0.4 is 10.6 Å². The Morgan fingerprint density at radius 2 is 2.06 bits per heavy atom. The van der Waals surface area contributed by atoms with Crippen LogP contribution in [0.5, 0.6) is 0 Å². The first-order chi connectivity index (χ1) is 8.33. The third kappa shape index (κ3) is 4.55. The SMILES string of the molecule is CC1CCCC(C(=O)NCCS(=O)(=O)N(C)C)N1. The second-order valence-corrected chi connectivity index (χ2v) is 7.24. The fourth-order valence-corrected chi connectivity index (χ4v) is 2.68. The number of carbonyl (C=O) groups is 1. The maximum atomic E-state index is 11.8. The van der Waals surface area contributed by atoms with Crippen LogP contribution in [0.4, 0.5) is 0 Å². The molecule has 1 fully saturated rings. The molecule has 0 saturated carbocycles. The summed E-state index contributed by atoms with van der Waals surface area (Å²) in [4.78, 5) is 11.8. The van der Waals surface area contributed by atoms with Gasteiger partial charge < -0.3 is 10.6 Å². The van der Waals surface area contributed by atoms with Gasteiger partial charge in [0.05, 0.1) is 11.8 Å². The van der Waals surface area contributed by atoms with Gasteiger partial charge in [-0.05, 0) is 26.2 Å². The van der Waals surface area contributed by atoms with Crippen molar-refractivity contribution in [2.45, 2.75) is 38.3 Å². The molecule has 18 heavy (non-hydrogen) atoms. The Morgan fingerprint density at radius 3 is 2.61 bits per heavy atom. The highest BCUT2D eigenvalue weighted by molar-refractivity contribution is 7.89. The highest BCUT2D eigenvalue weighted by atomic mass is 32.2. The van der Waals surface area contributed by atoms with Crippen molar-refractivity contribution in [1.82, 2.24) is 14.9 Å². The van der Waals surface area contributed by atoms with E-state index in [0.29, 0.717) is 6.04 Å². The van der Waals surface area contributed by atoms with Gasteiger partial charge in [0, 0.05) is 26.7 Å². The van der Waals surface area contributed by atoms with Crippen LogP contribution in [-0.2, 0) is 14.8 Å². The molecule has 2 unspecified atom stereocenters. The maximum Gasteiger partial charge on any atom is 0.237 e. The number of nitrogens with zero attached hydrogens (tertiary/aromatic N) is 1. The summed E-state index contributed by atoms with van der Waals surface area (Å²) in [6, 6.07) is 0.163. The lowest BCUT2D eigenvalue weighted by molar-refractivity contribution is -0.123. The quantitative estimate of drug-likeness (QED) is 0.712. The van der Waals surface area contributed by atoms with E-state index in [1.807, 2.05) is 0 Å². The molecule has 0 aromatic carbocycles. The van der Waals surface area contributed by atoms with Gasteiger partial charge in [-0.1, -0.05) is 0 Å². The largest absolute Gasteiger partial charge is 0.354 e. The molecular weight excluding hydrogens is 254 g/mol. The van der Waals surface area contributed by atoms with Gasteiger partial charge >= 0.3 is 0 Å². The number of amides is 1. The molecule has 1 amide bonds. The Bertz CT molecular complexity index is 381. The normalized spacial score (nSPS) is 25.1. The first-order valence-electron chi connectivity index (χ1n) is 6.27. The van der Waals surface area contributed by atoms with Gasteiger partial charge in [-0.25, -0.2) is 12.7 Å². The lowest BCUT2D eigenvalue weighted by atomic mass is 9.99.